The highest BCUT2D eigenvalue weighted by Crippen LogP contribution is 2.21. The van der Waals surface area contributed by atoms with Gasteiger partial charge in [-0.25, -0.2) is 0 Å². The smallest absolute Gasteiger partial charge is 0.313 e. The zero-order valence-corrected chi connectivity index (χ0v) is 14.2. The molecule has 25 heavy (non-hydrogen) atoms. The minimum Gasteiger partial charge on any atom is -0.508 e. The van der Waals surface area contributed by atoms with Crippen molar-refractivity contribution in [3.8, 4) is 5.75 Å². The molecule has 1 saturated heterocycles. The van der Waals surface area contributed by atoms with Gasteiger partial charge in [-0.15, -0.1) is 0 Å². The zero-order valence-electron chi connectivity index (χ0n) is 13.5. The Bertz CT molecular complexity index is 771. The molecule has 2 N–H and O–H groups in total. The SMILES string of the molecule is O=C(Nc1ccc(O)cc1)C(=O)N1CCN(c2cccc(Cl)c2)CC1. The van der Waals surface area contributed by atoms with Crippen LogP contribution in [0.5, 0.6) is 5.75 Å². The van der Waals surface area contributed by atoms with Crippen molar-refractivity contribution in [2.45, 2.75) is 0 Å². The van der Waals surface area contributed by atoms with Crippen LogP contribution in [0.1, 0.15) is 0 Å². The van der Waals surface area contributed by atoms with Crippen LogP contribution in [0.4, 0.5) is 11.4 Å². The number of rotatable bonds is 2. The molecular weight excluding hydrogens is 342 g/mol. The van der Waals surface area contributed by atoms with Crippen LogP contribution in [0.15, 0.2) is 48.5 Å². The second-order valence-electron chi connectivity index (χ2n) is 5.76. The number of hydrogen-bond donors (Lipinski definition) is 2. The number of nitrogens with one attached hydrogen (secondary N) is 1. The number of phenols is 1. The van der Waals surface area contributed by atoms with Crippen LogP contribution < -0.4 is 10.2 Å². The molecule has 0 radical (unpaired) electrons. The number of benzene rings is 2. The van der Waals surface area contributed by atoms with E-state index in [1.807, 2.05) is 24.3 Å². The van der Waals surface area contributed by atoms with Crippen molar-refractivity contribution in [1.82, 2.24) is 4.90 Å². The van der Waals surface area contributed by atoms with E-state index in [1.54, 1.807) is 0 Å². The molecule has 0 bridgehead atoms. The van der Waals surface area contributed by atoms with Gasteiger partial charge in [-0.2, -0.15) is 0 Å². The van der Waals surface area contributed by atoms with Gasteiger partial charge in [-0.3, -0.25) is 9.59 Å². The average Bonchev–Trinajstić information content (AvgIpc) is 2.63. The van der Waals surface area contributed by atoms with Gasteiger partial charge >= 0.3 is 11.8 Å². The predicted molar refractivity (Wildman–Crippen MR) is 97.0 cm³/mol. The number of hydrogen-bond acceptors (Lipinski definition) is 4. The third kappa shape index (κ3) is 4.22. The van der Waals surface area contributed by atoms with Gasteiger partial charge in [-0.1, -0.05) is 17.7 Å². The Labute approximate surface area is 150 Å². The molecule has 2 aromatic rings. The molecular formula is C18H18ClN3O3. The highest BCUT2D eigenvalue weighted by Gasteiger charge is 2.26. The van der Waals surface area contributed by atoms with E-state index in [4.69, 9.17) is 11.6 Å². The third-order valence-electron chi connectivity index (χ3n) is 4.06. The molecule has 2 aromatic carbocycles. The van der Waals surface area contributed by atoms with Gasteiger partial charge in [0, 0.05) is 42.6 Å². The van der Waals surface area contributed by atoms with Crippen molar-refractivity contribution < 1.29 is 14.7 Å². The predicted octanol–water partition coefficient (Wildman–Crippen LogP) is 2.33. The van der Waals surface area contributed by atoms with Crippen LogP contribution >= 0.6 is 11.6 Å². The molecule has 0 aromatic heterocycles. The minimum atomic E-state index is -0.679. The van der Waals surface area contributed by atoms with Crippen molar-refractivity contribution in [3.63, 3.8) is 0 Å². The summed E-state index contributed by atoms with van der Waals surface area (Å²) in [6.07, 6.45) is 0. The number of nitrogens with zero attached hydrogens (tertiary/aromatic N) is 2. The second-order valence-corrected chi connectivity index (χ2v) is 6.20. The number of piperazine rings is 1. The number of aromatic hydroxyl groups is 1. The highest BCUT2D eigenvalue weighted by atomic mass is 35.5. The molecule has 0 spiro atoms. The van der Waals surface area contributed by atoms with Crippen LogP contribution in [-0.4, -0.2) is 48.0 Å². The normalized spacial score (nSPS) is 14.3. The van der Waals surface area contributed by atoms with Crippen molar-refractivity contribution in [2.24, 2.45) is 0 Å². The molecule has 7 heteroatoms. The first-order valence-corrected chi connectivity index (χ1v) is 8.30. The number of anilines is 2. The van der Waals surface area contributed by atoms with Crippen LogP contribution in [0.25, 0.3) is 0 Å². The highest BCUT2D eigenvalue weighted by molar-refractivity contribution is 6.39. The maximum atomic E-state index is 12.3. The van der Waals surface area contributed by atoms with E-state index in [2.05, 4.69) is 10.2 Å². The average molecular weight is 360 g/mol. The van der Waals surface area contributed by atoms with Crippen LogP contribution in [0.2, 0.25) is 5.02 Å². The monoisotopic (exact) mass is 359 g/mol. The molecule has 0 atom stereocenters. The standard InChI is InChI=1S/C18H18ClN3O3/c19-13-2-1-3-15(12-13)21-8-10-22(11-9-21)18(25)17(24)20-14-4-6-16(23)7-5-14/h1-7,12,23H,8-11H2,(H,20,24). The van der Waals surface area contributed by atoms with Gasteiger partial charge in [0.05, 0.1) is 0 Å². The quantitative estimate of drug-likeness (QED) is 0.637. The lowest BCUT2D eigenvalue weighted by atomic mass is 10.2. The first-order valence-electron chi connectivity index (χ1n) is 7.93. The van der Waals surface area contributed by atoms with E-state index in [-0.39, 0.29) is 5.75 Å². The second kappa shape index (κ2) is 7.44. The van der Waals surface area contributed by atoms with E-state index in [9.17, 15) is 14.7 Å². The van der Waals surface area contributed by atoms with Gasteiger partial charge in [0.15, 0.2) is 0 Å². The van der Waals surface area contributed by atoms with E-state index < -0.39 is 11.8 Å². The Hall–Kier alpha value is -2.73. The molecule has 0 unspecified atom stereocenters. The Morgan fingerprint density at radius 1 is 1.00 bits per heavy atom. The van der Waals surface area contributed by atoms with Crippen LogP contribution in [-0.2, 0) is 9.59 Å². The Balaban J connectivity index is 1.55. The Morgan fingerprint density at radius 2 is 1.68 bits per heavy atom. The lowest BCUT2D eigenvalue weighted by Crippen LogP contribution is -2.51. The number of amides is 2. The van der Waals surface area contributed by atoms with Gasteiger partial charge in [0.1, 0.15) is 5.75 Å². The van der Waals surface area contributed by atoms with E-state index >= 15 is 0 Å². The number of phenolic OH excluding ortho intramolecular Hbond substituents is 1. The van der Waals surface area contributed by atoms with Gasteiger partial charge in [0.2, 0.25) is 0 Å². The maximum Gasteiger partial charge on any atom is 0.313 e. The van der Waals surface area contributed by atoms with Gasteiger partial charge in [0.25, 0.3) is 0 Å². The van der Waals surface area contributed by atoms with E-state index in [0.717, 1.165) is 5.69 Å². The van der Waals surface area contributed by atoms with Crippen molar-refractivity contribution in [3.05, 3.63) is 53.6 Å². The fourth-order valence-corrected chi connectivity index (χ4v) is 2.90. The summed E-state index contributed by atoms with van der Waals surface area (Å²) >= 11 is 6.01. The van der Waals surface area contributed by atoms with Crippen molar-refractivity contribution >= 4 is 34.8 Å². The largest absolute Gasteiger partial charge is 0.508 e. The fourth-order valence-electron chi connectivity index (χ4n) is 2.71. The minimum absolute atomic E-state index is 0.0986. The molecule has 3 rings (SSSR count). The lowest BCUT2D eigenvalue weighted by molar-refractivity contribution is -0.143. The number of carbonyl (C=O) groups is 2. The summed E-state index contributed by atoms with van der Waals surface area (Å²) in [7, 11) is 0. The lowest BCUT2D eigenvalue weighted by Gasteiger charge is -2.35. The summed E-state index contributed by atoms with van der Waals surface area (Å²) in [5, 5.41) is 12.5. The first kappa shape index (κ1) is 17.1. The van der Waals surface area contributed by atoms with Gasteiger partial charge in [-0.05, 0) is 42.5 Å². The topological polar surface area (TPSA) is 72.9 Å². The maximum absolute atomic E-state index is 12.3. The van der Waals surface area contributed by atoms with E-state index in [0.29, 0.717) is 36.9 Å². The molecule has 130 valence electrons. The molecule has 6 nitrogen and oxygen atoms in total. The summed E-state index contributed by atoms with van der Waals surface area (Å²) in [6, 6.07) is 13.5. The molecule has 0 saturated carbocycles. The van der Waals surface area contributed by atoms with Crippen LogP contribution in [0, 0.1) is 0 Å². The number of carbonyl (C=O) groups excluding carboxylic acids is 2. The first-order chi connectivity index (χ1) is 12.0. The molecule has 1 heterocycles. The summed E-state index contributed by atoms with van der Waals surface area (Å²) in [6.45, 7) is 2.21. The summed E-state index contributed by atoms with van der Waals surface area (Å²) in [4.78, 5) is 28.1. The number of halogens is 1. The third-order valence-corrected chi connectivity index (χ3v) is 4.29. The molecule has 1 fully saturated rings. The Kier molecular flexibility index (Phi) is 5.09. The zero-order chi connectivity index (χ0) is 17.8. The van der Waals surface area contributed by atoms with Crippen molar-refractivity contribution in [1.29, 1.82) is 0 Å². The Morgan fingerprint density at radius 3 is 2.32 bits per heavy atom. The summed E-state index contributed by atoms with van der Waals surface area (Å²) in [5.41, 5.74) is 1.47. The van der Waals surface area contributed by atoms with Crippen LogP contribution in [0.3, 0.4) is 0 Å². The van der Waals surface area contributed by atoms with Crippen molar-refractivity contribution in [2.75, 3.05) is 36.4 Å². The molecule has 0 aliphatic carbocycles. The molecule has 1 aliphatic heterocycles. The fraction of sp³-hybridized carbons (Fsp3) is 0.222. The van der Waals surface area contributed by atoms with E-state index in [1.165, 1.54) is 29.2 Å². The summed E-state index contributed by atoms with van der Waals surface area (Å²) in [5.74, 6) is -1.14. The summed E-state index contributed by atoms with van der Waals surface area (Å²) < 4.78 is 0. The molecule has 1 aliphatic rings. The molecule has 2 amide bonds. The van der Waals surface area contributed by atoms with Gasteiger partial charge < -0.3 is 20.2 Å².